The first kappa shape index (κ1) is 15.0. The van der Waals surface area contributed by atoms with Gasteiger partial charge in [-0.1, -0.05) is 25.1 Å². The van der Waals surface area contributed by atoms with Gasteiger partial charge in [0.2, 0.25) is 0 Å². The lowest BCUT2D eigenvalue weighted by molar-refractivity contribution is 0.102. The molecule has 2 rings (SSSR count). The highest BCUT2D eigenvalue weighted by Gasteiger charge is 2.10. The van der Waals surface area contributed by atoms with Crippen LogP contribution in [0.4, 0.5) is 11.4 Å². The fourth-order valence-corrected chi connectivity index (χ4v) is 2.09. The summed E-state index contributed by atoms with van der Waals surface area (Å²) in [6.45, 7) is 6.96. The number of aromatic nitrogens is 1. The highest BCUT2D eigenvalue weighted by atomic mass is 16.1. The lowest BCUT2D eigenvalue weighted by Crippen LogP contribution is -2.15. The van der Waals surface area contributed by atoms with Crippen molar-refractivity contribution in [3.05, 3.63) is 53.3 Å². The summed E-state index contributed by atoms with van der Waals surface area (Å²) < 4.78 is 0. The van der Waals surface area contributed by atoms with Crippen molar-refractivity contribution in [2.75, 3.05) is 17.2 Å². The number of pyridine rings is 1. The highest BCUT2D eigenvalue weighted by Crippen LogP contribution is 2.20. The predicted octanol–water partition coefficient (Wildman–Crippen LogP) is 3.77. The van der Waals surface area contributed by atoms with Gasteiger partial charge in [0.1, 0.15) is 5.69 Å². The fourth-order valence-electron chi connectivity index (χ4n) is 2.09. The Morgan fingerprint density at radius 3 is 2.43 bits per heavy atom. The van der Waals surface area contributed by atoms with E-state index in [4.69, 9.17) is 0 Å². The van der Waals surface area contributed by atoms with Crippen LogP contribution in [0.1, 0.15) is 35.0 Å². The van der Waals surface area contributed by atoms with E-state index in [0.717, 1.165) is 35.5 Å². The minimum atomic E-state index is -0.186. The Morgan fingerprint density at radius 2 is 1.86 bits per heavy atom. The number of carbonyl (C=O) groups excluding carboxylic acids is 1. The standard InChI is InChI=1S/C17H21N3O/c1-4-10-18-14-8-9-15(19-11-14)17(21)20-16-12(2)6-5-7-13(16)3/h5-9,11,18H,4,10H2,1-3H3,(H,20,21). The van der Waals surface area contributed by atoms with Crippen LogP contribution in [0.25, 0.3) is 0 Å². The molecular weight excluding hydrogens is 262 g/mol. The summed E-state index contributed by atoms with van der Waals surface area (Å²) >= 11 is 0. The molecule has 4 nitrogen and oxygen atoms in total. The van der Waals surface area contributed by atoms with Gasteiger partial charge in [-0.05, 0) is 43.5 Å². The van der Waals surface area contributed by atoms with Crippen LogP contribution in [-0.2, 0) is 0 Å². The summed E-state index contributed by atoms with van der Waals surface area (Å²) in [7, 11) is 0. The topological polar surface area (TPSA) is 54.0 Å². The Kier molecular flexibility index (Phi) is 4.93. The maximum Gasteiger partial charge on any atom is 0.274 e. The van der Waals surface area contributed by atoms with Gasteiger partial charge in [0.15, 0.2) is 0 Å². The molecule has 0 saturated carbocycles. The number of benzene rings is 1. The van der Waals surface area contributed by atoms with Crippen molar-refractivity contribution in [2.45, 2.75) is 27.2 Å². The summed E-state index contributed by atoms with van der Waals surface area (Å²) in [4.78, 5) is 16.5. The van der Waals surface area contributed by atoms with Crippen molar-refractivity contribution in [2.24, 2.45) is 0 Å². The SMILES string of the molecule is CCCNc1ccc(C(=O)Nc2c(C)cccc2C)nc1. The molecule has 1 amide bonds. The molecule has 0 aliphatic heterocycles. The molecule has 4 heteroatoms. The van der Waals surface area contributed by atoms with Crippen molar-refractivity contribution in [1.29, 1.82) is 0 Å². The number of nitrogens with one attached hydrogen (secondary N) is 2. The second kappa shape index (κ2) is 6.88. The Balaban J connectivity index is 2.10. The molecule has 1 aromatic heterocycles. The second-order valence-corrected chi connectivity index (χ2v) is 5.08. The summed E-state index contributed by atoms with van der Waals surface area (Å²) in [6, 6.07) is 9.55. The van der Waals surface area contributed by atoms with Crippen molar-refractivity contribution in [1.82, 2.24) is 4.98 Å². The molecule has 0 atom stereocenters. The molecule has 1 aromatic carbocycles. The van der Waals surface area contributed by atoms with E-state index in [0.29, 0.717) is 5.69 Å². The molecule has 1 heterocycles. The molecule has 0 unspecified atom stereocenters. The number of hydrogen-bond acceptors (Lipinski definition) is 3. The highest BCUT2D eigenvalue weighted by molar-refractivity contribution is 6.03. The van der Waals surface area contributed by atoms with Crippen LogP contribution in [-0.4, -0.2) is 17.4 Å². The lowest BCUT2D eigenvalue weighted by Gasteiger charge is -2.11. The summed E-state index contributed by atoms with van der Waals surface area (Å²) in [6.07, 6.45) is 2.74. The van der Waals surface area contributed by atoms with E-state index in [1.54, 1.807) is 12.3 Å². The normalized spacial score (nSPS) is 10.2. The molecule has 0 bridgehead atoms. The molecule has 0 fully saturated rings. The summed E-state index contributed by atoms with van der Waals surface area (Å²) in [5, 5.41) is 6.17. The third-order valence-corrected chi connectivity index (χ3v) is 3.29. The van der Waals surface area contributed by atoms with Crippen molar-refractivity contribution < 1.29 is 4.79 Å². The largest absolute Gasteiger partial charge is 0.384 e. The van der Waals surface area contributed by atoms with Gasteiger partial charge in [0, 0.05) is 12.2 Å². The van der Waals surface area contributed by atoms with Crippen LogP contribution in [0.3, 0.4) is 0 Å². The van der Waals surface area contributed by atoms with Crippen molar-refractivity contribution in [3.8, 4) is 0 Å². The van der Waals surface area contributed by atoms with Crippen molar-refractivity contribution in [3.63, 3.8) is 0 Å². The number of amides is 1. The Bertz CT molecular complexity index is 600. The first-order valence-corrected chi connectivity index (χ1v) is 7.19. The Morgan fingerprint density at radius 1 is 1.14 bits per heavy atom. The Hall–Kier alpha value is -2.36. The molecule has 2 aromatic rings. The minimum absolute atomic E-state index is 0.186. The van der Waals surface area contributed by atoms with E-state index in [1.807, 2.05) is 38.1 Å². The number of rotatable bonds is 5. The minimum Gasteiger partial charge on any atom is -0.384 e. The predicted molar refractivity (Wildman–Crippen MR) is 86.9 cm³/mol. The van der Waals surface area contributed by atoms with E-state index in [-0.39, 0.29) is 5.91 Å². The number of anilines is 2. The van der Waals surface area contributed by atoms with Crippen LogP contribution in [0.2, 0.25) is 0 Å². The molecule has 2 N–H and O–H groups in total. The van der Waals surface area contributed by atoms with E-state index in [2.05, 4.69) is 22.5 Å². The van der Waals surface area contributed by atoms with Gasteiger partial charge in [0.05, 0.1) is 11.9 Å². The van der Waals surface area contributed by atoms with Crippen LogP contribution in [0.15, 0.2) is 36.5 Å². The van der Waals surface area contributed by atoms with Crippen molar-refractivity contribution >= 4 is 17.3 Å². The van der Waals surface area contributed by atoms with Crippen LogP contribution < -0.4 is 10.6 Å². The van der Waals surface area contributed by atoms with Crippen LogP contribution >= 0.6 is 0 Å². The average Bonchev–Trinajstić information content (AvgIpc) is 2.49. The number of hydrogen-bond donors (Lipinski definition) is 2. The first-order chi connectivity index (χ1) is 10.1. The lowest BCUT2D eigenvalue weighted by atomic mass is 10.1. The molecule has 0 saturated heterocycles. The molecule has 0 spiro atoms. The van der Waals surface area contributed by atoms with Gasteiger partial charge in [-0.15, -0.1) is 0 Å². The smallest absolute Gasteiger partial charge is 0.274 e. The van der Waals surface area contributed by atoms with E-state index < -0.39 is 0 Å². The zero-order valence-corrected chi connectivity index (χ0v) is 12.7. The number of para-hydroxylation sites is 1. The van der Waals surface area contributed by atoms with Gasteiger partial charge in [-0.25, -0.2) is 4.98 Å². The second-order valence-electron chi connectivity index (χ2n) is 5.08. The maximum atomic E-state index is 12.2. The maximum absolute atomic E-state index is 12.2. The fraction of sp³-hybridized carbons (Fsp3) is 0.294. The number of carbonyl (C=O) groups is 1. The van der Waals surface area contributed by atoms with Gasteiger partial charge in [-0.2, -0.15) is 0 Å². The van der Waals surface area contributed by atoms with E-state index >= 15 is 0 Å². The monoisotopic (exact) mass is 283 g/mol. The molecule has 0 aliphatic rings. The molecule has 110 valence electrons. The van der Waals surface area contributed by atoms with Gasteiger partial charge < -0.3 is 10.6 Å². The summed E-state index contributed by atoms with van der Waals surface area (Å²) in [5.41, 5.74) is 4.30. The van der Waals surface area contributed by atoms with Gasteiger partial charge in [-0.3, -0.25) is 4.79 Å². The third-order valence-electron chi connectivity index (χ3n) is 3.29. The van der Waals surface area contributed by atoms with Crippen LogP contribution in [0.5, 0.6) is 0 Å². The average molecular weight is 283 g/mol. The van der Waals surface area contributed by atoms with Gasteiger partial charge >= 0.3 is 0 Å². The molecule has 21 heavy (non-hydrogen) atoms. The molecule has 0 radical (unpaired) electrons. The molecule has 0 aliphatic carbocycles. The van der Waals surface area contributed by atoms with E-state index in [1.165, 1.54) is 0 Å². The van der Waals surface area contributed by atoms with Gasteiger partial charge in [0.25, 0.3) is 5.91 Å². The number of nitrogens with zero attached hydrogens (tertiary/aromatic N) is 1. The summed E-state index contributed by atoms with van der Waals surface area (Å²) in [5.74, 6) is -0.186. The zero-order valence-electron chi connectivity index (χ0n) is 12.7. The third kappa shape index (κ3) is 3.81. The van der Waals surface area contributed by atoms with E-state index in [9.17, 15) is 4.79 Å². The number of aryl methyl sites for hydroxylation is 2. The molecular formula is C17H21N3O. The Labute approximate surface area is 125 Å². The first-order valence-electron chi connectivity index (χ1n) is 7.19. The quantitative estimate of drug-likeness (QED) is 0.878. The zero-order chi connectivity index (χ0) is 15.2. The van der Waals surface area contributed by atoms with Crippen LogP contribution in [0, 0.1) is 13.8 Å².